The Balaban J connectivity index is 0.000000191. The Bertz CT molecular complexity index is 2220. The zero-order valence-electron chi connectivity index (χ0n) is 25.3. The number of allylic oxidation sites excluding steroid dienone is 8. The van der Waals surface area contributed by atoms with Gasteiger partial charge in [-0.25, -0.2) is 16.8 Å². The highest BCUT2D eigenvalue weighted by molar-refractivity contribution is 7.89. The first-order valence-electron chi connectivity index (χ1n) is 14.6. The van der Waals surface area contributed by atoms with Crippen molar-refractivity contribution in [3.63, 3.8) is 0 Å². The number of hydrogen-bond acceptors (Lipinski definition) is 6. The Hall–Kier alpha value is -4.01. The van der Waals surface area contributed by atoms with E-state index in [1.807, 2.05) is 91.1 Å². The Morgan fingerprint density at radius 3 is 1.41 bits per heavy atom. The molecule has 0 heterocycles. The predicted molar refractivity (Wildman–Crippen MR) is 199 cm³/mol. The van der Waals surface area contributed by atoms with Crippen LogP contribution in [0.2, 0.25) is 5.02 Å². The average Bonchev–Trinajstić information content (AvgIpc) is 3.12. The van der Waals surface area contributed by atoms with E-state index < -0.39 is 20.0 Å². The van der Waals surface area contributed by atoms with E-state index in [0.717, 1.165) is 53.0 Å². The maximum absolute atomic E-state index is 12.3. The quantitative estimate of drug-likeness (QED) is 0.139. The topological polar surface area (TPSA) is 92.3 Å². The van der Waals surface area contributed by atoms with Gasteiger partial charge in [-0.3, -0.25) is 0 Å². The third-order valence-corrected chi connectivity index (χ3v) is 10.9. The van der Waals surface area contributed by atoms with Crippen LogP contribution in [0.5, 0.6) is 0 Å². The molecule has 2 N–H and O–H groups in total. The molecule has 0 radical (unpaired) electrons. The van der Waals surface area contributed by atoms with Gasteiger partial charge >= 0.3 is 0 Å². The van der Waals surface area contributed by atoms with Crippen molar-refractivity contribution in [2.24, 2.45) is 0 Å². The summed E-state index contributed by atoms with van der Waals surface area (Å²) in [5, 5.41) is 0.654. The van der Waals surface area contributed by atoms with Gasteiger partial charge in [-0.2, -0.15) is 0 Å². The molecule has 4 aromatic carbocycles. The number of hydrogen-bond donors (Lipinski definition) is 2. The van der Waals surface area contributed by atoms with E-state index in [9.17, 15) is 25.8 Å². The summed E-state index contributed by atoms with van der Waals surface area (Å²) in [7, 11) is -8.18. The zero-order valence-corrected chi connectivity index (χ0v) is 29.4. The van der Waals surface area contributed by atoms with Crippen molar-refractivity contribution in [1.82, 2.24) is 9.89 Å². The van der Waals surface area contributed by atoms with Crippen molar-refractivity contribution in [1.29, 1.82) is 0 Å². The summed E-state index contributed by atoms with van der Waals surface area (Å²) in [5.74, 6) is 0.0215. The summed E-state index contributed by atoms with van der Waals surface area (Å²) >= 11 is 17.1. The van der Waals surface area contributed by atoms with Crippen molar-refractivity contribution in [2.45, 2.75) is 21.6 Å². The van der Waals surface area contributed by atoms with Gasteiger partial charge in [0.05, 0.1) is 9.79 Å². The number of thiocarbonyl (C=S) groups is 2. The van der Waals surface area contributed by atoms with Crippen LogP contribution < -0.4 is 9.89 Å². The summed E-state index contributed by atoms with van der Waals surface area (Å²) in [6.07, 6.45) is 11.7. The molecule has 0 saturated carbocycles. The monoisotopic (exact) mass is 752 g/mol. The molecule has 2 aliphatic carbocycles. The lowest BCUT2D eigenvalue weighted by Gasteiger charge is -2.18. The minimum atomic E-state index is -4.10. The van der Waals surface area contributed by atoms with Crippen LogP contribution in [0, 0.1) is 0 Å². The maximum Gasteiger partial charge on any atom is 0.266 e. The maximum atomic E-state index is 12.3. The minimum absolute atomic E-state index is 0.0344. The summed E-state index contributed by atoms with van der Waals surface area (Å²) in [6.45, 7) is 0. The van der Waals surface area contributed by atoms with Crippen LogP contribution in [0.25, 0.3) is 11.1 Å². The van der Waals surface area contributed by atoms with E-state index >= 15 is 0 Å². The summed E-state index contributed by atoms with van der Waals surface area (Å²) < 4.78 is 70.3. The molecule has 0 saturated heterocycles. The van der Waals surface area contributed by atoms with Gasteiger partial charge in [-0.1, -0.05) is 127 Å². The molecular weight excluding hydrogens is 726 g/mol. The van der Waals surface area contributed by atoms with Crippen molar-refractivity contribution in [3.8, 4) is 0 Å². The molecule has 4 aromatic rings. The molecule has 2 unspecified atom stereocenters. The van der Waals surface area contributed by atoms with Gasteiger partial charge in [-0.15, -0.1) is 8.96 Å². The fraction of sp³-hybridized carbons (Fsp3) is 0.0556. The summed E-state index contributed by atoms with van der Waals surface area (Å²) in [5.41, 5.74) is 5.51. The van der Waals surface area contributed by atoms with E-state index in [-0.39, 0.29) is 21.6 Å². The Morgan fingerprint density at radius 1 is 0.571 bits per heavy atom. The first kappa shape index (κ1) is 36.3. The Kier molecular flexibility index (Phi) is 11.6. The number of sulfonamides is 2. The first-order chi connectivity index (χ1) is 23.4. The van der Waals surface area contributed by atoms with Crippen LogP contribution in [-0.4, -0.2) is 26.6 Å². The molecule has 6 rings (SSSR count). The van der Waals surface area contributed by atoms with E-state index in [2.05, 4.69) is 0 Å². The highest BCUT2D eigenvalue weighted by Gasteiger charge is 2.20. The molecule has 250 valence electrons. The fourth-order valence-electron chi connectivity index (χ4n) is 5.18. The third-order valence-electron chi connectivity index (χ3n) is 7.71. The van der Waals surface area contributed by atoms with Crippen LogP contribution in [0.4, 0.5) is 8.96 Å². The lowest BCUT2D eigenvalue weighted by Crippen LogP contribution is -2.14. The zero-order chi connectivity index (χ0) is 35.2. The van der Waals surface area contributed by atoms with Crippen molar-refractivity contribution in [3.05, 3.63) is 167 Å². The largest absolute Gasteiger partial charge is 0.266 e. The molecule has 6 nitrogen and oxygen atoms in total. The Morgan fingerprint density at radius 2 is 1.00 bits per heavy atom. The van der Waals surface area contributed by atoms with Gasteiger partial charge in [0.25, 0.3) is 20.0 Å². The highest BCUT2D eigenvalue weighted by Crippen LogP contribution is 2.32. The molecule has 0 fully saturated rings. The van der Waals surface area contributed by atoms with Crippen LogP contribution in [0.3, 0.4) is 0 Å². The molecule has 2 atom stereocenters. The third kappa shape index (κ3) is 8.78. The fourth-order valence-corrected chi connectivity index (χ4v) is 7.23. The molecule has 0 aliphatic heterocycles. The van der Waals surface area contributed by atoms with Crippen molar-refractivity contribution in [2.75, 3.05) is 0 Å². The standard InChI is InChI=1S/C18H13ClFNO2S2.C18H14FNO2S2/c19-15-3-1-2-14(10-15)17-9-6-13(11-18(17)24)12-4-7-16(8-5-12)25(22,23)21-20;19-20-24(21,22)16-9-6-13(7-10-16)15-8-11-17(18(23)12-15)14-4-2-1-3-5-14/h1-11,17,21H;1-12,17,20H. The SMILES string of the molecule is O=S(=O)(NF)c1ccc(C2=CC(=S)C(c3cccc(Cl)c3)C=C2)cc1.O=S(=O)(NF)c1ccc(C2=CC(=S)C(c3ccccc3)C=C2)cc1. The number of benzene rings is 4. The molecule has 0 amide bonds. The van der Waals surface area contributed by atoms with Crippen LogP contribution >= 0.6 is 36.0 Å². The van der Waals surface area contributed by atoms with E-state index in [1.165, 1.54) is 24.3 Å². The summed E-state index contributed by atoms with van der Waals surface area (Å²) in [4.78, 5) is 2.88. The molecule has 0 spiro atoms. The van der Waals surface area contributed by atoms with Crippen LogP contribution in [-0.2, 0) is 20.0 Å². The van der Waals surface area contributed by atoms with Gasteiger partial charge in [0.2, 0.25) is 0 Å². The lowest BCUT2D eigenvalue weighted by atomic mass is 9.88. The number of halogens is 3. The van der Waals surface area contributed by atoms with Gasteiger partial charge in [0.15, 0.2) is 0 Å². The van der Waals surface area contributed by atoms with Gasteiger partial charge < -0.3 is 0 Å². The molecule has 0 aromatic heterocycles. The molecular formula is C36H27ClF2N2O4S4. The predicted octanol–water partition coefficient (Wildman–Crippen LogP) is 8.57. The number of rotatable bonds is 8. The van der Waals surface area contributed by atoms with E-state index in [1.54, 1.807) is 24.3 Å². The van der Waals surface area contributed by atoms with Crippen LogP contribution in [0.1, 0.15) is 34.1 Å². The minimum Gasteiger partial charge on any atom is -0.205 e. The lowest BCUT2D eigenvalue weighted by molar-refractivity contribution is 0.425. The molecule has 0 bridgehead atoms. The summed E-state index contributed by atoms with van der Waals surface area (Å²) in [6, 6.07) is 29.4. The molecule has 49 heavy (non-hydrogen) atoms. The van der Waals surface area contributed by atoms with Gasteiger partial charge in [0, 0.05) is 26.6 Å². The van der Waals surface area contributed by atoms with E-state index in [4.69, 9.17) is 36.0 Å². The second kappa shape index (κ2) is 15.7. The number of nitrogens with one attached hydrogen (secondary N) is 2. The van der Waals surface area contributed by atoms with Crippen LogP contribution in [0.15, 0.2) is 149 Å². The van der Waals surface area contributed by atoms with Gasteiger partial charge in [-0.05, 0) is 91.8 Å². The molecule has 2 aliphatic rings. The first-order valence-corrected chi connectivity index (χ1v) is 18.7. The second-order valence-electron chi connectivity index (χ2n) is 10.9. The molecule has 13 heteroatoms. The normalized spacial score (nSPS) is 17.5. The second-order valence-corrected chi connectivity index (χ2v) is 15.5. The van der Waals surface area contributed by atoms with E-state index in [0.29, 0.717) is 5.02 Å². The van der Waals surface area contributed by atoms with Crippen molar-refractivity contribution < 1.29 is 25.8 Å². The van der Waals surface area contributed by atoms with Gasteiger partial charge in [0.1, 0.15) is 0 Å². The smallest absolute Gasteiger partial charge is 0.205 e. The van der Waals surface area contributed by atoms with Crippen molar-refractivity contribution >= 4 is 77.0 Å². The average molecular weight is 753 g/mol. The highest BCUT2D eigenvalue weighted by atomic mass is 35.5. The Labute approximate surface area is 299 Å².